The van der Waals surface area contributed by atoms with Crippen LogP contribution >= 0.6 is 27.7 Å². The standard InChI is InChI=1S/C10H9BrN4OS/c11-5-1-2-6(12)7(3-5)17-10-14-8(13)4-9(16)15-10/h1-4H,12H2,(H3,13,14,15,16). The van der Waals surface area contributed by atoms with Crippen molar-refractivity contribution in [1.29, 1.82) is 0 Å². The Balaban J connectivity index is 2.37. The predicted octanol–water partition coefficient (Wildman–Crippen LogP) is 1.85. The molecule has 0 spiro atoms. The topological polar surface area (TPSA) is 97.8 Å². The minimum Gasteiger partial charge on any atom is -0.398 e. The average Bonchev–Trinajstić information content (AvgIpc) is 2.22. The van der Waals surface area contributed by atoms with Crippen LogP contribution in [0.4, 0.5) is 11.5 Å². The summed E-state index contributed by atoms with van der Waals surface area (Å²) in [6, 6.07) is 6.70. The number of anilines is 2. The zero-order chi connectivity index (χ0) is 12.4. The van der Waals surface area contributed by atoms with Crippen LogP contribution in [0.5, 0.6) is 0 Å². The molecule has 5 nitrogen and oxygen atoms in total. The van der Waals surface area contributed by atoms with Crippen molar-refractivity contribution >= 4 is 39.2 Å². The quantitative estimate of drug-likeness (QED) is 0.580. The third-order valence-electron chi connectivity index (χ3n) is 1.92. The van der Waals surface area contributed by atoms with E-state index in [1.165, 1.54) is 17.8 Å². The van der Waals surface area contributed by atoms with Crippen molar-refractivity contribution in [3.63, 3.8) is 0 Å². The first-order valence-corrected chi connectivity index (χ1v) is 6.25. The lowest BCUT2D eigenvalue weighted by atomic mass is 10.3. The van der Waals surface area contributed by atoms with Gasteiger partial charge in [-0.2, -0.15) is 0 Å². The minimum atomic E-state index is -0.284. The molecular formula is C10H9BrN4OS. The summed E-state index contributed by atoms with van der Waals surface area (Å²) in [6.45, 7) is 0. The number of hydrogen-bond donors (Lipinski definition) is 3. The molecule has 0 atom stereocenters. The molecule has 5 N–H and O–H groups in total. The van der Waals surface area contributed by atoms with Crippen molar-refractivity contribution in [1.82, 2.24) is 9.97 Å². The Morgan fingerprint density at radius 2 is 2.06 bits per heavy atom. The van der Waals surface area contributed by atoms with Crippen molar-refractivity contribution in [2.45, 2.75) is 10.1 Å². The number of rotatable bonds is 2. The summed E-state index contributed by atoms with van der Waals surface area (Å²) in [5.41, 5.74) is 11.6. The Kier molecular flexibility index (Phi) is 3.39. The van der Waals surface area contributed by atoms with E-state index in [0.29, 0.717) is 10.8 Å². The molecule has 0 bridgehead atoms. The molecule has 0 aliphatic carbocycles. The van der Waals surface area contributed by atoms with Gasteiger partial charge >= 0.3 is 0 Å². The maximum atomic E-state index is 11.2. The highest BCUT2D eigenvalue weighted by Crippen LogP contribution is 2.31. The molecule has 88 valence electrons. The van der Waals surface area contributed by atoms with Crippen LogP contribution in [-0.2, 0) is 0 Å². The zero-order valence-electron chi connectivity index (χ0n) is 8.61. The summed E-state index contributed by atoms with van der Waals surface area (Å²) in [5.74, 6) is 0.185. The van der Waals surface area contributed by atoms with Crippen molar-refractivity contribution < 1.29 is 0 Å². The van der Waals surface area contributed by atoms with Gasteiger partial charge in [0.1, 0.15) is 5.82 Å². The summed E-state index contributed by atoms with van der Waals surface area (Å²) >= 11 is 4.61. The number of nitrogen functional groups attached to an aromatic ring is 2. The van der Waals surface area contributed by atoms with Gasteiger partial charge in [-0.25, -0.2) is 4.98 Å². The highest BCUT2D eigenvalue weighted by molar-refractivity contribution is 9.10. The van der Waals surface area contributed by atoms with Crippen molar-refractivity contribution in [3.8, 4) is 0 Å². The Hall–Kier alpha value is -1.47. The zero-order valence-corrected chi connectivity index (χ0v) is 11.0. The normalized spacial score (nSPS) is 10.4. The molecule has 2 aromatic rings. The molecule has 0 unspecified atom stereocenters. The molecule has 1 aromatic carbocycles. The first-order valence-electron chi connectivity index (χ1n) is 4.64. The second kappa shape index (κ2) is 4.80. The van der Waals surface area contributed by atoms with Gasteiger partial charge in [0.15, 0.2) is 5.16 Å². The van der Waals surface area contributed by atoms with E-state index in [2.05, 4.69) is 25.9 Å². The lowest BCUT2D eigenvalue weighted by Crippen LogP contribution is -2.09. The van der Waals surface area contributed by atoms with Gasteiger partial charge in [0.25, 0.3) is 5.56 Å². The van der Waals surface area contributed by atoms with Gasteiger partial charge in [0.05, 0.1) is 0 Å². The third-order valence-corrected chi connectivity index (χ3v) is 3.38. The second-order valence-electron chi connectivity index (χ2n) is 3.26. The average molecular weight is 313 g/mol. The predicted molar refractivity (Wildman–Crippen MR) is 71.9 cm³/mol. The van der Waals surface area contributed by atoms with Crippen molar-refractivity contribution in [2.24, 2.45) is 0 Å². The number of halogens is 1. The molecular weight excluding hydrogens is 304 g/mol. The molecule has 17 heavy (non-hydrogen) atoms. The van der Waals surface area contributed by atoms with E-state index in [-0.39, 0.29) is 11.4 Å². The van der Waals surface area contributed by atoms with Gasteiger partial charge < -0.3 is 16.5 Å². The molecule has 0 saturated carbocycles. The van der Waals surface area contributed by atoms with E-state index >= 15 is 0 Å². The summed E-state index contributed by atoms with van der Waals surface area (Å²) in [7, 11) is 0. The number of hydrogen-bond acceptors (Lipinski definition) is 5. The molecule has 7 heteroatoms. The van der Waals surface area contributed by atoms with Gasteiger partial charge in [-0.1, -0.05) is 15.9 Å². The van der Waals surface area contributed by atoms with E-state index < -0.39 is 0 Å². The van der Waals surface area contributed by atoms with Crippen molar-refractivity contribution in [2.75, 3.05) is 11.5 Å². The third kappa shape index (κ3) is 3.01. The number of aromatic amines is 1. The largest absolute Gasteiger partial charge is 0.398 e. The maximum Gasteiger partial charge on any atom is 0.253 e. The fraction of sp³-hybridized carbons (Fsp3) is 0. The van der Waals surface area contributed by atoms with E-state index in [0.717, 1.165) is 9.37 Å². The Morgan fingerprint density at radius 1 is 1.29 bits per heavy atom. The Morgan fingerprint density at radius 3 is 2.76 bits per heavy atom. The van der Waals surface area contributed by atoms with Crippen LogP contribution < -0.4 is 17.0 Å². The molecule has 0 aliphatic heterocycles. The summed E-state index contributed by atoms with van der Waals surface area (Å²) < 4.78 is 0.903. The second-order valence-corrected chi connectivity index (χ2v) is 5.21. The Bertz CT molecular complexity index is 613. The van der Waals surface area contributed by atoms with Crippen LogP contribution in [-0.4, -0.2) is 9.97 Å². The number of nitrogens with zero attached hydrogens (tertiary/aromatic N) is 1. The summed E-state index contributed by atoms with van der Waals surface area (Å²) in [5, 5.41) is 0.416. The van der Waals surface area contributed by atoms with Gasteiger partial charge in [0.2, 0.25) is 0 Å². The summed E-state index contributed by atoms with van der Waals surface area (Å²) in [4.78, 5) is 18.6. The highest BCUT2D eigenvalue weighted by atomic mass is 79.9. The van der Waals surface area contributed by atoms with Crippen LogP contribution in [0.25, 0.3) is 0 Å². The number of benzene rings is 1. The molecule has 0 amide bonds. The Labute approximate surface area is 110 Å². The first-order chi connectivity index (χ1) is 8.04. The summed E-state index contributed by atoms with van der Waals surface area (Å²) in [6.07, 6.45) is 0. The fourth-order valence-corrected chi connectivity index (χ4v) is 2.60. The van der Waals surface area contributed by atoms with E-state index in [4.69, 9.17) is 11.5 Å². The van der Waals surface area contributed by atoms with E-state index in [1.54, 1.807) is 6.07 Å². The number of nitrogens with two attached hydrogens (primary N) is 2. The highest BCUT2D eigenvalue weighted by Gasteiger charge is 2.05. The van der Waals surface area contributed by atoms with Crippen LogP contribution in [0, 0.1) is 0 Å². The molecule has 0 aliphatic rings. The molecule has 1 heterocycles. The lowest BCUT2D eigenvalue weighted by Gasteiger charge is -2.05. The number of H-pyrrole nitrogens is 1. The van der Waals surface area contributed by atoms with E-state index in [9.17, 15) is 4.79 Å². The van der Waals surface area contributed by atoms with Gasteiger partial charge in [-0.05, 0) is 30.0 Å². The number of nitrogens with one attached hydrogen (secondary N) is 1. The van der Waals surface area contributed by atoms with Gasteiger partial charge in [-0.15, -0.1) is 0 Å². The molecule has 0 fully saturated rings. The lowest BCUT2D eigenvalue weighted by molar-refractivity contribution is 0.945. The van der Waals surface area contributed by atoms with Crippen LogP contribution in [0.2, 0.25) is 0 Å². The number of aromatic nitrogens is 2. The molecule has 1 aromatic heterocycles. The SMILES string of the molecule is Nc1cc(=O)[nH]c(Sc2cc(Br)ccc2N)n1. The smallest absolute Gasteiger partial charge is 0.253 e. The molecule has 2 rings (SSSR count). The maximum absolute atomic E-state index is 11.2. The minimum absolute atomic E-state index is 0.185. The van der Waals surface area contributed by atoms with Crippen molar-refractivity contribution in [3.05, 3.63) is 39.1 Å². The van der Waals surface area contributed by atoms with Crippen LogP contribution in [0.15, 0.2) is 43.6 Å². The monoisotopic (exact) mass is 312 g/mol. The fourth-order valence-electron chi connectivity index (χ4n) is 1.20. The van der Waals surface area contributed by atoms with Gasteiger partial charge in [0, 0.05) is 21.1 Å². The molecule has 0 saturated heterocycles. The first kappa shape index (κ1) is 12.0. The van der Waals surface area contributed by atoms with Crippen LogP contribution in [0.3, 0.4) is 0 Å². The van der Waals surface area contributed by atoms with Gasteiger partial charge in [-0.3, -0.25) is 4.79 Å². The van der Waals surface area contributed by atoms with Crippen LogP contribution in [0.1, 0.15) is 0 Å². The van der Waals surface area contributed by atoms with E-state index in [1.807, 2.05) is 12.1 Å². The molecule has 0 radical (unpaired) electrons.